The van der Waals surface area contributed by atoms with Gasteiger partial charge in [0.15, 0.2) is 0 Å². The van der Waals surface area contributed by atoms with Gasteiger partial charge in [-0.15, -0.1) is 0 Å². The fourth-order valence-corrected chi connectivity index (χ4v) is 2.45. The maximum atomic E-state index is 2.23. The molecule has 0 aliphatic heterocycles. The van der Waals surface area contributed by atoms with Gasteiger partial charge in [-0.05, 0) is 49.7 Å². The zero-order valence-electron chi connectivity index (χ0n) is 13.6. The summed E-state index contributed by atoms with van der Waals surface area (Å²) in [6.45, 7) is 0. The SMILES string of the molecule is C1=CCCCCC=C1.[Pt].c1ccc(CCc2ccccc2)cc1. The zero-order valence-corrected chi connectivity index (χ0v) is 15.9. The Morgan fingerprint density at radius 1 is 0.565 bits per heavy atom. The van der Waals surface area contributed by atoms with Crippen LogP contribution in [0.1, 0.15) is 36.8 Å². The summed E-state index contributed by atoms with van der Waals surface area (Å²) in [6.07, 6.45) is 16.3. The van der Waals surface area contributed by atoms with Crippen molar-refractivity contribution in [3.05, 3.63) is 96.1 Å². The van der Waals surface area contributed by atoms with Crippen LogP contribution in [0.5, 0.6) is 0 Å². The Morgan fingerprint density at radius 3 is 1.35 bits per heavy atom. The summed E-state index contributed by atoms with van der Waals surface area (Å²) in [7, 11) is 0. The molecular weight excluding hydrogens is 459 g/mol. The molecule has 3 rings (SSSR count). The van der Waals surface area contributed by atoms with E-state index in [4.69, 9.17) is 0 Å². The zero-order chi connectivity index (χ0) is 15.3. The fourth-order valence-electron chi connectivity index (χ4n) is 2.45. The second-order valence-electron chi connectivity index (χ2n) is 5.61. The Labute approximate surface area is 155 Å². The molecule has 0 amide bonds. The van der Waals surface area contributed by atoms with E-state index in [1.807, 2.05) is 0 Å². The van der Waals surface area contributed by atoms with E-state index < -0.39 is 0 Å². The number of benzene rings is 2. The molecule has 1 heteroatoms. The van der Waals surface area contributed by atoms with Gasteiger partial charge < -0.3 is 0 Å². The Morgan fingerprint density at radius 2 is 0.957 bits per heavy atom. The van der Waals surface area contributed by atoms with E-state index in [1.54, 1.807) is 0 Å². The number of hydrogen-bond donors (Lipinski definition) is 0. The van der Waals surface area contributed by atoms with Crippen LogP contribution in [0, 0.1) is 0 Å². The predicted molar refractivity (Wildman–Crippen MR) is 97.0 cm³/mol. The Bertz CT molecular complexity index is 502. The molecule has 0 N–H and O–H groups in total. The summed E-state index contributed by atoms with van der Waals surface area (Å²) in [5.74, 6) is 0. The molecule has 0 nitrogen and oxygen atoms in total. The van der Waals surface area contributed by atoms with Crippen LogP contribution in [-0.4, -0.2) is 0 Å². The summed E-state index contributed by atoms with van der Waals surface area (Å²) >= 11 is 0. The van der Waals surface area contributed by atoms with E-state index in [9.17, 15) is 0 Å². The summed E-state index contributed by atoms with van der Waals surface area (Å²) in [6, 6.07) is 21.2. The maximum Gasteiger partial charge on any atom is 0 e. The van der Waals surface area contributed by atoms with Gasteiger partial charge in [0.25, 0.3) is 0 Å². The number of rotatable bonds is 3. The monoisotopic (exact) mass is 485 g/mol. The van der Waals surface area contributed by atoms with Gasteiger partial charge in [0.1, 0.15) is 0 Å². The van der Waals surface area contributed by atoms with Gasteiger partial charge >= 0.3 is 0 Å². The standard InChI is InChI=1S/C14H14.C8H12.Pt/c1-3-7-13(8-4-1)11-12-14-9-5-2-6-10-14;1-2-4-6-8-7-5-3-1;/h1-10H,11-12H2;1-4H,5-8H2;. The van der Waals surface area contributed by atoms with Gasteiger partial charge in [0.05, 0.1) is 0 Å². The van der Waals surface area contributed by atoms with Crippen molar-refractivity contribution in [1.29, 1.82) is 0 Å². The van der Waals surface area contributed by atoms with Gasteiger partial charge in [0, 0.05) is 21.1 Å². The molecule has 0 bridgehead atoms. The second-order valence-corrected chi connectivity index (χ2v) is 5.61. The van der Waals surface area contributed by atoms with Gasteiger partial charge in [-0.25, -0.2) is 0 Å². The van der Waals surface area contributed by atoms with Gasteiger partial charge in [-0.1, -0.05) is 85.0 Å². The smallest absolute Gasteiger partial charge is 0 e. The average molecular weight is 486 g/mol. The molecule has 0 heterocycles. The van der Waals surface area contributed by atoms with Crippen molar-refractivity contribution in [2.45, 2.75) is 38.5 Å². The molecule has 2 aromatic carbocycles. The maximum absolute atomic E-state index is 2.23. The molecule has 124 valence electrons. The Kier molecular flexibility index (Phi) is 11.2. The molecule has 1 aliphatic carbocycles. The van der Waals surface area contributed by atoms with E-state index in [0.29, 0.717) is 0 Å². The van der Waals surface area contributed by atoms with Crippen molar-refractivity contribution in [3.8, 4) is 0 Å². The van der Waals surface area contributed by atoms with E-state index >= 15 is 0 Å². The minimum Gasteiger partial charge on any atom is -0.0845 e. The molecular formula is C22H26Pt. The van der Waals surface area contributed by atoms with Crippen LogP contribution in [0.15, 0.2) is 85.0 Å². The van der Waals surface area contributed by atoms with Crippen molar-refractivity contribution in [2.24, 2.45) is 0 Å². The second kappa shape index (κ2) is 13.1. The third-order valence-corrected chi connectivity index (χ3v) is 3.76. The average Bonchev–Trinajstić information content (AvgIpc) is 2.55. The summed E-state index contributed by atoms with van der Waals surface area (Å²) in [5, 5.41) is 0. The summed E-state index contributed by atoms with van der Waals surface area (Å²) in [5.41, 5.74) is 2.83. The van der Waals surface area contributed by atoms with Crippen molar-refractivity contribution in [2.75, 3.05) is 0 Å². The molecule has 0 unspecified atom stereocenters. The van der Waals surface area contributed by atoms with Crippen molar-refractivity contribution in [1.82, 2.24) is 0 Å². The van der Waals surface area contributed by atoms with Crippen molar-refractivity contribution < 1.29 is 21.1 Å². The molecule has 1 aliphatic rings. The number of hydrogen-bond acceptors (Lipinski definition) is 0. The van der Waals surface area contributed by atoms with Crippen molar-refractivity contribution in [3.63, 3.8) is 0 Å². The summed E-state index contributed by atoms with van der Waals surface area (Å²) < 4.78 is 0. The molecule has 0 atom stereocenters. The van der Waals surface area contributed by atoms with Crippen LogP contribution in [-0.2, 0) is 33.9 Å². The van der Waals surface area contributed by atoms with Gasteiger partial charge in [-0.2, -0.15) is 0 Å². The normalized spacial score (nSPS) is 13.0. The van der Waals surface area contributed by atoms with Crippen LogP contribution in [0.25, 0.3) is 0 Å². The van der Waals surface area contributed by atoms with Crippen molar-refractivity contribution >= 4 is 0 Å². The van der Waals surface area contributed by atoms with E-state index in [1.165, 1.54) is 36.8 Å². The Hall–Kier alpha value is -1.39. The minimum atomic E-state index is 0. The third-order valence-electron chi connectivity index (χ3n) is 3.76. The number of aryl methyl sites for hydroxylation is 2. The molecule has 0 fully saturated rings. The molecule has 0 spiro atoms. The van der Waals surface area contributed by atoms with E-state index in [-0.39, 0.29) is 21.1 Å². The molecule has 0 saturated heterocycles. The third kappa shape index (κ3) is 9.36. The van der Waals surface area contributed by atoms with Crippen LogP contribution in [0.4, 0.5) is 0 Å². The molecule has 23 heavy (non-hydrogen) atoms. The van der Waals surface area contributed by atoms with Gasteiger partial charge in [-0.3, -0.25) is 0 Å². The van der Waals surface area contributed by atoms with Crippen LogP contribution in [0.3, 0.4) is 0 Å². The molecule has 0 saturated carbocycles. The first kappa shape index (κ1) is 19.7. The van der Waals surface area contributed by atoms with Gasteiger partial charge in [0.2, 0.25) is 0 Å². The van der Waals surface area contributed by atoms with E-state index in [0.717, 1.165) is 12.8 Å². The fraction of sp³-hybridized carbons (Fsp3) is 0.273. The first-order chi connectivity index (χ1) is 10.9. The van der Waals surface area contributed by atoms with Crippen LogP contribution < -0.4 is 0 Å². The number of allylic oxidation sites excluding steroid dienone is 4. The summed E-state index contributed by atoms with van der Waals surface area (Å²) in [4.78, 5) is 0. The van der Waals surface area contributed by atoms with Crippen LogP contribution >= 0.6 is 0 Å². The largest absolute Gasteiger partial charge is 0.0845 e. The Balaban J connectivity index is 0.000000253. The molecule has 2 aromatic rings. The van der Waals surface area contributed by atoms with E-state index in [2.05, 4.69) is 85.0 Å². The molecule has 0 radical (unpaired) electrons. The first-order valence-corrected chi connectivity index (χ1v) is 8.34. The molecule has 0 aromatic heterocycles. The topological polar surface area (TPSA) is 0 Å². The predicted octanol–water partition coefficient (Wildman–Crippen LogP) is 6.14. The first-order valence-electron chi connectivity index (χ1n) is 8.34. The van der Waals surface area contributed by atoms with Crippen LogP contribution in [0.2, 0.25) is 0 Å². The minimum absolute atomic E-state index is 0. The quantitative estimate of drug-likeness (QED) is 0.490.